The molecule has 0 radical (unpaired) electrons. The third-order valence-corrected chi connectivity index (χ3v) is 4.75. The van der Waals surface area contributed by atoms with Gasteiger partial charge in [0.05, 0.1) is 4.90 Å². The molecule has 1 aliphatic rings. The van der Waals surface area contributed by atoms with E-state index in [0.29, 0.717) is 0 Å². The number of hydrogen-bond acceptors (Lipinski definition) is 7. The highest BCUT2D eigenvalue weighted by Crippen LogP contribution is 2.18. The average molecular weight is 387 g/mol. The monoisotopic (exact) mass is 387 g/mol. The Labute approximate surface area is 150 Å². The number of ether oxygens (including phenoxy) is 3. The van der Waals surface area contributed by atoms with Crippen LogP contribution < -0.4 is 4.72 Å². The summed E-state index contributed by atoms with van der Waals surface area (Å²) in [6.45, 7) is 2.18. The summed E-state index contributed by atoms with van der Waals surface area (Å²) in [6.07, 6.45) is -0.0138. The number of hydrogen-bond donors (Lipinski definition) is 1. The zero-order valence-corrected chi connectivity index (χ0v) is 14.9. The maximum absolute atomic E-state index is 12.9. The molecule has 142 valence electrons. The van der Waals surface area contributed by atoms with E-state index in [0.717, 1.165) is 24.3 Å². The summed E-state index contributed by atoms with van der Waals surface area (Å²) in [4.78, 5) is 22.0. The Hall–Kier alpha value is -2.30. The van der Waals surface area contributed by atoms with Gasteiger partial charge in [0.15, 0.2) is 0 Å². The van der Waals surface area contributed by atoms with Gasteiger partial charge >= 0.3 is 11.9 Å². The van der Waals surface area contributed by atoms with Crippen molar-refractivity contribution < 1.29 is 36.6 Å². The molecule has 1 aliphatic heterocycles. The minimum Gasteiger partial charge on any atom is -0.463 e. The minimum atomic E-state index is -3.98. The van der Waals surface area contributed by atoms with Crippen molar-refractivity contribution >= 4 is 22.0 Å². The number of rotatable bonds is 6. The van der Waals surface area contributed by atoms with E-state index in [1.165, 1.54) is 26.0 Å². The molecule has 0 aromatic heterocycles. The lowest BCUT2D eigenvalue weighted by Gasteiger charge is -2.31. The van der Waals surface area contributed by atoms with Gasteiger partial charge in [-0.3, -0.25) is 9.59 Å². The molecule has 3 atom stereocenters. The van der Waals surface area contributed by atoms with Crippen LogP contribution >= 0.6 is 0 Å². The van der Waals surface area contributed by atoms with E-state index < -0.39 is 46.2 Å². The predicted octanol–water partition coefficient (Wildman–Crippen LogP) is 0.880. The summed E-state index contributed by atoms with van der Waals surface area (Å²) in [5, 5.41) is 0. The molecule has 0 spiro atoms. The fraction of sp³-hybridized carbons (Fsp3) is 0.375. The molecule has 0 unspecified atom stereocenters. The van der Waals surface area contributed by atoms with Crippen molar-refractivity contribution in [3.63, 3.8) is 0 Å². The van der Waals surface area contributed by atoms with Crippen molar-refractivity contribution in [2.75, 3.05) is 6.61 Å². The Bertz CT molecular complexity index is 791. The summed E-state index contributed by atoms with van der Waals surface area (Å²) in [5.41, 5.74) is 0. The first-order valence-corrected chi connectivity index (χ1v) is 9.08. The van der Waals surface area contributed by atoms with E-state index in [9.17, 15) is 22.4 Å². The molecule has 26 heavy (non-hydrogen) atoms. The van der Waals surface area contributed by atoms with E-state index in [1.54, 1.807) is 0 Å². The second-order valence-corrected chi connectivity index (χ2v) is 7.15. The van der Waals surface area contributed by atoms with Gasteiger partial charge < -0.3 is 14.2 Å². The topological polar surface area (TPSA) is 108 Å². The van der Waals surface area contributed by atoms with E-state index in [1.807, 2.05) is 0 Å². The molecule has 0 bridgehead atoms. The van der Waals surface area contributed by atoms with Crippen LogP contribution in [0, 0.1) is 5.82 Å². The third kappa shape index (κ3) is 5.61. The second-order valence-electron chi connectivity index (χ2n) is 5.43. The third-order valence-electron chi connectivity index (χ3n) is 3.31. The van der Waals surface area contributed by atoms with Crippen molar-refractivity contribution in [1.82, 2.24) is 4.72 Å². The van der Waals surface area contributed by atoms with Crippen molar-refractivity contribution in [1.29, 1.82) is 0 Å². The Morgan fingerprint density at radius 3 is 2.38 bits per heavy atom. The number of benzene rings is 1. The molecule has 0 aliphatic carbocycles. The van der Waals surface area contributed by atoms with Gasteiger partial charge in [0.2, 0.25) is 10.0 Å². The first-order chi connectivity index (χ1) is 12.2. The van der Waals surface area contributed by atoms with Gasteiger partial charge in [-0.1, -0.05) is 0 Å². The molecule has 0 saturated carbocycles. The lowest BCUT2D eigenvalue weighted by molar-refractivity contribution is -0.163. The molecular formula is C16H18FNO7S. The SMILES string of the molecule is CC(=O)OC[C@H]1O[C@H](NS(=O)(=O)c2ccc(F)cc2)C=C[C@@H]1OC(C)=O. The Balaban J connectivity index is 2.12. The molecule has 1 heterocycles. The van der Waals surface area contributed by atoms with Gasteiger partial charge in [0.25, 0.3) is 0 Å². The van der Waals surface area contributed by atoms with Gasteiger partial charge in [-0.2, -0.15) is 4.72 Å². The van der Waals surface area contributed by atoms with Crippen LogP contribution in [0.25, 0.3) is 0 Å². The number of esters is 2. The summed E-state index contributed by atoms with van der Waals surface area (Å²) in [5.74, 6) is -1.70. The molecule has 1 aromatic rings. The van der Waals surface area contributed by atoms with Gasteiger partial charge in [0.1, 0.15) is 30.9 Å². The first kappa shape index (κ1) is 20.0. The number of halogens is 1. The maximum atomic E-state index is 12.9. The maximum Gasteiger partial charge on any atom is 0.303 e. The van der Waals surface area contributed by atoms with E-state index >= 15 is 0 Å². The van der Waals surface area contributed by atoms with Crippen LogP contribution in [0.5, 0.6) is 0 Å². The normalized spacial score (nSPS) is 22.7. The summed E-state index contributed by atoms with van der Waals surface area (Å²) in [6, 6.07) is 4.27. The molecule has 8 nitrogen and oxygen atoms in total. The number of sulfonamides is 1. The summed E-state index contributed by atoms with van der Waals surface area (Å²) >= 11 is 0. The lowest BCUT2D eigenvalue weighted by Crippen LogP contribution is -2.47. The molecule has 0 amide bonds. The van der Waals surface area contributed by atoms with Gasteiger partial charge in [-0.25, -0.2) is 12.8 Å². The molecule has 2 rings (SSSR count). The molecular weight excluding hydrogens is 369 g/mol. The van der Waals surface area contributed by atoms with Crippen LogP contribution in [-0.2, 0) is 33.8 Å². The highest BCUT2D eigenvalue weighted by molar-refractivity contribution is 7.89. The van der Waals surface area contributed by atoms with Crippen molar-refractivity contribution in [3.8, 4) is 0 Å². The quantitative estimate of drug-likeness (QED) is 0.570. The largest absolute Gasteiger partial charge is 0.463 e. The van der Waals surface area contributed by atoms with Crippen LogP contribution in [0.3, 0.4) is 0 Å². The van der Waals surface area contributed by atoms with Crippen LogP contribution in [0.4, 0.5) is 4.39 Å². The lowest BCUT2D eigenvalue weighted by atomic mass is 10.1. The van der Waals surface area contributed by atoms with Crippen molar-refractivity contribution in [3.05, 3.63) is 42.2 Å². The molecule has 0 saturated heterocycles. The van der Waals surface area contributed by atoms with E-state index in [4.69, 9.17) is 14.2 Å². The van der Waals surface area contributed by atoms with E-state index in [-0.39, 0.29) is 11.5 Å². The standard InChI is InChI=1S/C16H18FNO7S/c1-10(19)23-9-15-14(24-11(2)20)7-8-16(25-15)18-26(21,22)13-5-3-12(17)4-6-13/h3-8,14-16,18H,9H2,1-2H3/t14-,15+,16-/m0/s1. The fourth-order valence-corrected chi connectivity index (χ4v) is 3.26. The fourth-order valence-electron chi connectivity index (χ4n) is 2.19. The number of carbonyl (C=O) groups excluding carboxylic acids is 2. The summed E-state index contributed by atoms with van der Waals surface area (Å²) in [7, 11) is -3.98. The van der Waals surface area contributed by atoms with E-state index in [2.05, 4.69) is 4.72 Å². The summed E-state index contributed by atoms with van der Waals surface area (Å²) < 4.78 is 55.3. The number of carbonyl (C=O) groups is 2. The van der Waals surface area contributed by atoms with Gasteiger partial charge in [-0.05, 0) is 36.4 Å². The molecule has 0 fully saturated rings. The van der Waals surface area contributed by atoms with Crippen LogP contribution in [-0.4, -0.2) is 45.4 Å². The van der Waals surface area contributed by atoms with Gasteiger partial charge in [0, 0.05) is 13.8 Å². The van der Waals surface area contributed by atoms with Crippen LogP contribution in [0.2, 0.25) is 0 Å². The Kier molecular flexibility index (Phi) is 6.46. The van der Waals surface area contributed by atoms with Crippen molar-refractivity contribution in [2.45, 2.75) is 37.2 Å². The van der Waals surface area contributed by atoms with Gasteiger partial charge in [-0.15, -0.1) is 0 Å². The average Bonchev–Trinajstić information content (AvgIpc) is 2.54. The first-order valence-electron chi connectivity index (χ1n) is 7.59. The van der Waals surface area contributed by atoms with Crippen molar-refractivity contribution in [2.24, 2.45) is 0 Å². The molecule has 1 N–H and O–H groups in total. The minimum absolute atomic E-state index is 0.144. The molecule has 10 heteroatoms. The Morgan fingerprint density at radius 1 is 1.15 bits per heavy atom. The van der Waals surface area contributed by atoms with Crippen LogP contribution in [0.1, 0.15) is 13.8 Å². The number of nitrogens with one attached hydrogen (secondary N) is 1. The van der Waals surface area contributed by atoms with Crippen LogP contribution in [0.15, 0.2) is 41.3 Å². The Morgan fingerprint density at radius 2 is 1.81 bits per heavy atom. The highest BCUT2D eigenvalue weighted by Gasteiger charge is 2.32. The highest BCUT2D eigenvalue weighted by atomic mass is 32.2. The smallest absolute Gasteiger partial charge is 0.303 e. The predicted molar refractivity (Wildman–Crippen MR) is 86.7 cm³/mol. The second kappa shape index (κ2) is 8.39. The zero-order valence-electron chi connectivity index (χ0n) is 14.0. The zero-order chi connectivity index (χ0) is 19.3. The molecule has 1 aromatic carbocycles.